The van der Waals surface area contributed by atoms with E-state index in [0.717, 1.165) is 6.42 Å². The minimum absolute atomic E-state index is 0.279. The first-order valence-electron chi connectivity index (χ1n) is 4.18. The summed E-state index contributed by atoms with van der Waals surface area (Å²) in [6, 6.07) is 0. The van der Waals surface area contributed by atoms with Gasteiger partial charge in [0.05, 0.1) is 5.54 Å². The van der Waals surface area contributed by atoms with Gasteiger partial charge in [-0.25, -0.2) is 9.59 Å². The molecule has 0 N–H and O–H groups in total. The van der Waals surface area contributed by atoms with Crippen molar-refractivity contribution >= 4 is 12.2 Å². The number of nitrogens with zero attached hydrogens (tertiary/aromatic N) is 2. The highest BCUT2D eigenvalue weighted by Gasteiger charge is 2.62. The van der Waals surface area contributed by atoms with E-state index in [1.54, 1.807) is 19.9 Å². The lowest BCUT2D eigenvalue weighted by Gasteiger charge is -2.25. The SMILES string of the molecule is CC1CC1(N=C=O)C(C)(C)N=C=O. The van der Waals surface area contributed by atoms with Gasteiger partial charge in [0.25, 0.3) is 0 Å². The lowest BCUT2D eigenvalue weighted by molar-refractivity contribution is 0.371. The number of rotatable bonds is 3. The standard InChI is InChI=1S/C9H12N2O2/c1-7-4-9(7,11-6-13)8(2,3)10-5-12/h7H,4H2,1-3H3. The Morgan fingerprint density at radius 3 is 2.23 bits per heavy atom. The molecule has 0 aromatic heterocycles. The minimum atomic E-state index is -0.647. The Morgan fingerprint density at radius 2 is 1.92 bits per heavy atom. The van der Waals surface area contributed by atoms with E-state index in [4.69, 9.17) is 0 Å². The summed E-state index contributed by atoms with van der Waals surface area (Å²) in [5, 5.41) is 0. The Balaban J connectivity index is 3.03. The molecule has 4 heteroatoms. The predicted octanol–water partition coefficient (Wildman–Crippen LogP) is 1.22. The average molecular weight is 180 g/mol. The molecule has 0 bridgehead atoms. The molecule has 0 amide bonds. The maximum atomic E-state index is 10.2. The topological polar surface area (TPSA) is 58.9 Å². The van der Waals surface area contributed by atoms with Crippen molar-refractivity contribution in [1.82, 2.24) is 0 Å². The maximum absolute atomic E-state index is 10.2. The smallest absolute Gasteiger partial charge is 0.211 e. The molecule has 0 aromatic rings. The Bertz CT molecular complexity index is 312. The van der Waals surface area contributed by atoms with E-state index >= 15 is 0 Å². The number of aliphatic imine (C=N–C) groups is 2. The van der Waals surface area contributed by atoms with E-state index in [2.05, 4.69) is 9.98 Å². The predicted molar refractivity (Wildman–Crippen MR) is 46.8 cm³/mol. The van der Waals surface area contributed by atoms with E-state index in [1.165, 1.54) is 6.08 Å². The Labute approximate surface area is 76.8 Å². The second-order valence-electron chi connectivity index (χ2n) is 3.99. The van der Waals surface area contributed by atoms with Gasteiger partial charge in [0.2, 0.25) is 12.2 Å². The highest BCUT2D eigenvalue weighted by molar-refractivity contribution is 5.42. The first kappa shape index (κ1) is 9.85. The van der Waals surface area contributed by atoms with Gasteiger partial charge < -0.3 is 0 Å². The van der Waals surface area contributed by atoms with Crippen LogP contribution < -0.4 is 0 Å². The molecule has 0 aromatic carbocycles. The average Bonchev–Trinajstić information content (AvgIpc) is 2.64. The largest absolute Gasteiger partial charge is 0.235 e. The molecular weight excluding hydrogens is 168 g/mol. The summed E-state index contributed by atoms with van der Waals surface area (Å²) < 4.78 is 0. The number of carbonyl (C=O) groups excluding carboxylic acids is 2. The van der Waals surface area contributed by atoms with Crippen molar-refractivity contribution < 1.29 is 9.59 Å². The molecule has 1 aliphatic carbocycles. The van der Waals surface area contributed by atoms with Crippen molar-refractivity contribution in [2.45, 2.75) is 38.3 Å². The van der Waals surface area contributed by atoms with Crippen LogP contribution in [0.2, 0.25) is 0 Å². The molecule has 2 atom stereocenters. The second kappa shape index (κ2) is 2.91. The molecule has 1 rings (SSSR count). The second-order valence-corrected chi connectivity index (χ2v) is 3.99. The monoisotopic (exact) mass is 180 g/mol. The van der Waals surface area contributed by atoms with Gasteiger partial charge in [0, 0.05) is 0 Å². The molecule has 2 unspecified atom stereocenters. The van der Waals surface area contributed by atoms with Gasteiger partial charge in [-0.2, -0.15) is 9.98 Å². The van der Waals surface area contributed by atoms with Gasteiger partial charge in [-0.15, -0.1) is 0 Å². The van der Waals surface area contributed by atoms with Crippen molar-refractivity contribution in [3.05, 3.63) is 0 Å². The third-order valence-electron chi connectivity index (χ3n) is 2.90. The highest BCUT2D eigenvalue weighted by Crippen LogP contribution is 2.55. The van der Waals surface area contributed by atoms with Crippen molar-refractivity contribution in [2.75, 3.05) is 0 Å². The third-order valence-corrected chi connectivity index (χ3v) is 2.90. The molecule has 1 fully saturated rings. The van der Waals surface area contributed by atoms with Crippen LogP contribution in [0.25, 0.3) is 0 Å². The molecule has 0 radical (unpaired) electrons. The molecule has 70 valence electrons. The van der Waals surface area contributed by atoms with Gasteiger partial charge in [0.15, 0.2) is 0 Å². The van der Waals surface area contributed by atoms with Crippen LogP contribution in [0, 0.1) is 5.92 Å². The summed E-state index contributed by atoms with van der Waals surface area (Å²) in [5.74, 6) is 0.279. The summed E-state index contributed by atoms with van der Waals surface area (Å²) >= 11 is 0. The number of hydrogen-bond donors (Lipinski definition) is 0. The molecule has 13 heavy (non-hydrogen) atoms. The quantitative estimate of drug-likeness (QED) is 0.484. The molecule has 1 aliphatic rings. The van der Waals surface area contributed by atoms with Crippen LogP contribution in [0.5, 0.6) is 0 Å². The highest BCUT2D eigenvalue weighted by atomic mass is 16.1. The van der Waals surface area contributed by atoms with Crippen molar-refractivity contribution in [3.8, 4) is 0 Å². The normalized spacial score (nSPS) is 31.5. The molecule has 4 nitrogen and oxygen atoms in total. The molecule has 0 aliphatic heterocycles. The van der Waals surface area contributed by atoms with Crippen LogP contribution in [0.4, 0.5) is 0 Å². The summed E-state index contributed by atoms with van der Waals surface area (Å²) in [6.45, 7) is 5.54. The van der Waals surface area contributed by atoms with Gasteiger partial charge in [-0.05, 0) is 26.2 Å². The number of isocyanates is 2. The third kappa shape index (κ3) is 1.35. The van der Waals surface area contributed by atoms with E-state index in [1.807, 2.05) is 6.92 Å². The lowest BCUT2D eigenvalue weighted by Crippen LogP contribution is -2.36. The molecule has 0 heterocycles. The van der Waals surface area contributed by atoms with Crippen molar-refractivity contribution in [1.29, 1.82) is 0 Å². The molecular formula is C9H12N2O2. The zero-order chi connectivity index (χ0) is 10.1. The van der Waals surface area contributed by atoms with Crippen LogP contribution in [0.15, 0.2) is 9.98 Å². The van der Waals surface area contributed by atoms with E-state index in [9.17, 15) is 9.59 Å². The van der Waals surface area contributed by atoms with Crippen LogP contribution >= 0.6 is 0 Å². The number of hydrogen-bond acceptors (Lipinski definition) is 4. The van der Waals surface area contributed by atoms with E-state index in [0.29, 0.717) is 0 Å². The summed E-state index contributed by atoms with van der Waals surface area (Å²) in [5.41, 5.74) is -1.17. The first-order chi connectivity index (χ1) is 6.00. The lowest BCUT2D eigenvalue weighted by atomic mass is 9.91. The van der Waals surface area contributed by atoms with Gasteiger partial charge in [-0.3, -0.25) is 0 Å². The first-order valence-corrected chi connectivity index (χ1v) is 4.18. The van der Waals surface area contributed by atoms with Gasteiger partial charge in [0.1, 0.15) is 5.54 Å². The minimum Gasteiger partial charge on any atom is -0.211 e. The Morgan fingerprint density at radius 1 is 1.38 bits per heavy atom. The van der Waals surface area contributed by atoms with Gasteiger partial charge in [-0.1, -0.05) is 6.92 Å². The fourth-order valence-corrected chi connectivity index (χ4v) is 1.85. The maximum Gasteiger partial charge on any atom is 0.235 e. The molecule has 0 spiro atoms. The van der Waals surface area contributed by atoms with E-state index < -0.39 is 11.1 Å². The van der Waals surface area contributed by atoms with Crippen molar-refractivity contribution in [3.63, 3.8) is 0 Å². The summed E-state index contributed by atoms with van der Waals surface area (Å²) in [6.07, 6.45) is 3.85. The molecule has 1 saturated carbocycles. The fourth-order valence-electron chi connectivity index (χ4n) is 1.85. The molecule has 0 saturated heterocycles. The fraction of sp³-hybridized carbons (Fsp3) is 0.778. The van der Waals surface area contributed by atoms with E-state index in [-0.39, 0.29) is 5.92 Å². The Kier molecular flexibility index (Phi) is 2.21. The van der Waals surface area contributed by atoms with Gasteiger partial charge >= 0.3 is 0 Å². The Hall–Kier alpha value is -1.24. The zero-order valence-corrected chi connectivity index (χ0v) is 8.00. The summed E-state index contributed by atoms with van der Waals surface area (Å²) in [4.78, 5) is 27.8. The van der Waals surface area contributed by atoms with Crippen molar-refractivity contribution in [2.24, 2.45) is 15.9 Å². The zero-order valence-electron chi connectivity index (χ0n) is 8.00. The van der Waals surface area contributed by atoms with Crippen LogP contribution in [-0.4, -0.2) is 23.2 Å². The van der Waals surface area contributed by atoms with Crippen LogP contribution in [0.3, 0.4) is 0 Å². The van der Waals surface area contributed by atoms with Crippen LogP contribution in [0.1, 0.15) is 27.2 Å². The van der Waals surface area contributed by atoms with Crippen LogP contribution in [-0.2, 0) is 9.59 Å². The summed E-state index contributed by atoms with van der Waals surface area (Å²) in [7, 11) is 0.